The van der Waals surface area contributed by atoms with E-state index in [-0.39, 0.29) is 5.91 Å². The average Bonchev–Trinajstić information content (AvgIpc) is 2.54. The Bertz CT molecular complexity index is 717. The van der Waals surface area contributed by atoms with Gasteiger partial charge in [-0.1, -0.05) is 50.2 Å². The highest BCUT2D eigenvalue weighted by atomic mass is 16.5. The van der Waals surface area contributed by atoms with Crippen LogP contribution in [0.2, 0.25) is 0 Å². The Hall–Kier alpha value is -2.55. The van der Waals surface area contributed by atoms with Gasteiger partial charge in [0.15, 0.2) is 0 Å². The number of carbonyl (C=O) groups excluding carboxylic acids is 1. The summed E-state index contributed by atoms with van der Waals surface area (Å²) in [4.78, 5) is 12.3. The SMILES string of the molecule is COc1ccccc1C=CC(=O)Nc1c(C)cccc1C(C)C. The van der Waals surface area contributed by atoms with E-state index >= 15 is 0 Å². The van der Waals surface area contributed by atoms with Crippen LogP contribution >= 0.6 is 0 Å². The quantitative estimate of drug-likeness (QED) is 0.807. The standard InChI is InChI=1S/C20H23NO2/c1-14(2)17-10-7-8-15(3)20(17)21-19(22)13-12-16-9-5-6-11-18(16)23-4/h5-14H,1-4H3,(H,21,22). The molecule has 3 nitrogen and oxygen atoms in total. The number of amides is 1. The fourth-order valence-corrected chi connectivity index (χ4v) is 2.48. The van der Waals surface area contributed by atoms with Crippen molar-refractivity contribution in [3.05, 3.63) is 65.2 Å². The molecule has 0 fully saturated rings. The highest BCUT2D eigenvalue weighted by molar-refractivity contribution is 6.03. The van der Waals surface area contributed by atoms with E-state index in [0.717, 1.165) is 28.1 Å². The molecule has 0 bridgehead atoms. The van der Waals surface area contributed by atoms with Crippen LogP contribution in [0.3, 0.4) is 0 Å². The predicted molar refractivity (Wildman–Crippen MR) is 95.9 cm³/mol. The zero-order chi connectivity index (χ0) is 16.8. The van der Waals surface area contributed by atoms with Crippen molar-refractivity contribution in [1.82, 2.24) is 0 Å². The lowest BCUT2D eigenvalue weighted by Gasteiger charge is -2.15. The summed E-state index contributed by atoms with van der Waals surface area (Å²) >= 11 is 0. The van der Waals surface area contributed by atoms with Gasteiger partial charge in [-0.3, -0.25) is 4.79 Å². The van der Waals surface area contributed by atoms with E-state index in [1.807, 2.05) is 43.3 Å². The van der Waals surface area contributed by atoms with E-state index in [4.69, 9.17) is 4.74 Å². The summed E-state index contributed by atoms with van der Waals surface area (Å²) in [5.41, 5.74) is 3.98. The normalized spacial score (nSPS) is 11.0. The van der Waals surface area contributed by atoms with E-state index in [0.29, 0.717) is 5.92 Å². The van der Waals surface area contributed by atoms with Gasteiger partial charge in [-0.05, 0) is 36.1 Å². The molecule has 2 aromatic rings. The van der Waals surface area contributed by atoms with Gasteiger partial charge in [-0.25, -0.2) is 0 Å². The van der Waals surface area contributed by atoms with Crippen LogP contribution in [-0.4, -0.2) is 13.0 Å². The van der Waals surface area contributed by atoms with Gasteiger partial charge in [0.1, 0.15) is 5.75 Å². The Morgan fingerprint density at radius 1 is 1.13 bits per heavy atom. The van der Waals surface area contributed by atoms with Gasteiger partial charge in [-0.15, -0.1) is 0 Å². The van der Waals surface area contributed by atoms with Gasteiger partial charge in [0.2, 0.25) is 5.91 Å². The first kappa shape index (κ1) is 16.8. The first-order valence-electron chi connectivity index (χ1n) is 7.74. The highest BCUT2D eigenvalue weighted by Gasteiger charge is 2.10. The number of para-hydroxylation sites is 2. The topological polar surface area (TPSA) is 38.3 Å². The van der Waals surface area contributed by atoms with Gasteiger partial charge >= 0.3 is 0 Å². The lowest BCUT2D eigenvalue weighted by Crippen LogP contribution is -2.11. The lowest BCUT2D eigenvalue weighted by atomic mass is 9.98. The monoisotopic (exact) mass is 309 g/mol. The van der Waals surface area contributed by atoms with Gasteiger partial charge in [-0.2, -0.15) is 0 Å². The number of methoxy groups -OCH3 is 1. The second kappa shape index (κ2) is 7.63. The van der Waals surface area contributed by atoms with Crippen molar-refractivity contribution in [3.8, 4) is 5.75 Å². The number of ether oxygens (including phenoxy) is 1. The number of carbonyl (C=O) groups is 1. The first-order valence-corrected chi connectivity index (χ1v) is 7.74. The van der Waals surface area contributed by atoms with Crippen LogP contribution in [0.5, 0.6) is 5.75 Å². The minimum atomic E-state index is -0.146. The number of aryl methyl sites for hydroxylation is 1. The minimum Gasteiger partial charge on any atom is -0.496 e. The molecule has 120 valence electrons. The first-order chi connectivity index (χ1) is 11.0. The second-order valence-corrected chi connectivity index (χ2v) is 5.76. The number of hydrogen-bond acceptors (Lipinski definition) is 2. The second-order valence-electron chi connectivity index (χ2n) is 5.76. The molecule has 0 aromatic heterocycles. The lowest BCUT2D eigenvalue weighted by molar-refractivity contribution is -0.111. The molecule has 3 heteroatoms. The maximum absolute atomic E-state index is 12.3. The van der Waals surface area contributed by atoms with E-state index in [9.17, 15) is 4.79 Å². The van der Waals surface area contributed by atoms with E-state index in [2.05, 4.69) is 25.2 Å². The molecule has 0 saturated heterocycles. The summed E-state index contributed by atoms with van der Waals surface area (Å²) < 4.78 is 5.28. The van der Waals surface area contributed by atoms with Crippen molar-refractivity contribution in [3.63, 3.8) is 0 Å². The molecule has 0 atom stereocenters. The molecule has 0 heterocycles. The zero-order valence-electron chi connectivity index (χ0n) is 14.1. The molecule has 0 spiro atoms. The third kappa shape index (κ3) is 4.22. The smallest absolute Gasteiger partial charge is 0.248 e. The predicted octanol–water partition coefficient (Wildman–Crippen LogP) is 4.78. The van der Waals surface area contributed by atoms with Crippen molar-refractivity contribution in [2.45, 2.75) is 26.7 Å². The zero-order valence-corrected chi connectivity index (χ0v) is 14.1. The Balaban J connectivity index is 2.19. The number of benzene rings is 2. The molecular weight excluding hydrogens is 286 g/mol. The van der Waals surface area contributed by atoms with E-state index in [1.54, 1.807) is 13.2 Å². The number of rotatable bonds is 5. The fraction of sp³-hybridized carbons (Fsp3) is 0.250. The summed E-state index contributed by atoms with van der Waals surface area (Å²) in [6.07, 6.45) is 3.30. The van der Waals surface area contributed by atoms with Crippen molar-refractivity contribution in [1.29, 1.82) is 0 Å². The van der Waals surface area contributed by atoms with E-state index in [1.165, 1.54) is 6.08 Å². The van der Waals surface area contributed by atoms with Crippen molar-refractivity contribution in [2.75, 3.05) is 12.4 Å². The fourth-order valence-electron chi connectivity index (χ4n) is 2.48. The minimum absolute atomic E-state index is 0.146. The Morgan fingerprint density at radius 3 is 2.57 bits per heavy atom. The van der Waals surface area contributed by atoms with Gasteiger partial charge in [0.05, 0.1) is 7.11 Å². The molecule has 23 heavy (non-hydrogen) atoms. The summed E-state index contributed by atoms with van der Waals surface area (Å²) in [5.74, 6) is 0.950. The maximum atomic E-state index is 12.3. The molecule has 2 aromatic carbocycles. The van der Waals surface area contributed by atoms with Crippen LogP contribution < -0.4 is 10.1 Å². The van der Waals surface area contributed by atoms with Crippen LogP contribution in [0.4, 0.5) is 5.69 Å². The Kier molecular flexibility index (Phi) is 5.58. The molecule has 1 amide bonds. The average molecular weight is 309 g/mol. The van der Waals surface area contributed by atoms with Gasteiger partial charge in [0, 0.05) is 17.3 Å². The maximum Gasteiger partial charge on any atom is 0.248 e. The molecule has 0 unspecified atom stereocenters. The molecule has 0 radical (unpaired) electrons. The van der Waals surface area contributed by atoms with Crippen LogP contribution in [0, 0.1) is 6.92 Å². The van der Waals surface area contributed by atoms with E-state index < -0.39 is 0 Å². The molecule has 0 aliphatic rings. The van der Waals surface area contributed by atoms with Crippen LogP contribution in [-0.2, 0) is 4.79 Å². The van der Waals surface area contributed by atoms with Crippen LogP contribution in [0.15, 0.2) is 48.5 Å². The third-order valence-corrected chi connectivity index (χ3v) is 3.73. The van der Waals surface area contributed by atoms with Crippen molar-refractivity contribution < 1.29 is 9.53 Å². The molecule has 2 rings (SSSR count). The number of anilines is 1. The van der Waals surface area contributed by atoms with Crippen LogP contribution in [0.1, 0.15) is 36.5 Å². The van der Waals surface area contributed by atoms with Crippen molar-refractivity contribution in [2.24, 2.45) is 0 Å². The Morgan fingerprint density at radius 2 is 1.87 bits per heavy atom. The summed E-state index contributed by atoms with van der Waals surface area (Å²) in [6.45, 7) is 6.25. The summed E-state index contributed by atoms with van der Waals surface area (Å²) in [6, 6.07) is 13.7. The van der Waals surface area contributed by atoms with Crippen molar-refractivity contribution >= 4 is 17.7 Å². The van der Waals surface area contributed by atoms with Gasteiger partial charge < -0.3 is 10.1 Å². The number of hydrogen-bond donors (Lipinski definition) is 1. The van der Waals surface area contributed by atoms with Crippen LogP contribution in [0.25, 0.3) is 6.08 Å². The Labute approximate surface area is 138 Å². The van der Waals surface area contributed by atoms with Gasteiger partial charge in [0.25, 0.3) is 0 Å². The molecular formula is C20H23NO2. The molecule has 0 saturated carbocycles. The largest absolute Gasteiger partial charge is 0.496 e. The summed E-state index contributed by atoms with van der Waals surface area (Å²) in [5, 5.41) is 3.00. The highest BCUT2D eigenvalue weighted by Crippen LogP contribution is 2.27. The molecule has 1 N–H and O–H groups in total. The number of nitrogens with one attached hydrogen (secondary N) is 1. The molecule has 0 aliphatic carbocycles. The summed E-state index contributed by atoms with van der Waals surface area (Å²) in [7, 11) is 1.62. The molecule has 0 aliphatic heterocycles. The third-order valence-electron chi connectivity index (χ3n) is 3.73.